The van der Waals surface area contributed by atoms with Crippen LogP contribution in [-0.4, -0.2) is 48.2 Å². The molecule has 0 amide bonds. The van der Waals surface area contributed by atoms with Crippen molar-refractivity contribution in [3.8, 4) is 0 Å². The molecule has 0 aliphatic heterocycles. The number of aliphatic carboxylic acids is 1. The molecule has 1 aliphatic rings. The highest BCUT2D eigenvalue weighted by atomic mass is 16.4. The fraction of sp³-hybridized carbons (Fsp3) is 0.941. The lowest BCUT2D eigenvalue weighted by Gasteiger charge is -2.35. The molecule has 0 saturated heterocycles. The molecule has 21 heavy (non-hydrogen) atoms. The Morgan fingerprint density at radius 1 is 1.29 bits per heavy atom. The first-order chi connectivity index (χ1) is 9.99. The zero-order valence-corrected chi connectivity index (χ0v) is 14.3. The minimum absolute atomic E-state index is 0.629. The summed E-state index contributed by atoms with van der Waals surface area (Å²) in [5.41, 5.74) is -0.749. The van der Waals surface area contributed by atoms with Crippen molar-refractivity contribution in [3.63, 3.8) is 0 Å². The van der Waals surface area contributed by atoms with E-state index >= 15 is 0 Å². The minimum Gasteiger partial charge on any atom is -0.480 e. The summed E-state index contributed by atoms with van der Waals surface area (Å²) >= 11 is 0. The van der Waals surface area contributed by atoms with E-state index in [4.69, 9.17) is 0 Å². The standard InChI is InChI=1S/C17H34N2O2/c1-5-14-8-10-15(11-9-14)19(4)13-7-12-17(6-2,18-3)16(20)21/h14-15,18H,5-13H2,1-4H3,(H,20,21). The SMILES string of the molecule is CCC1CCC(N(C)CCCC(CC)(NC)C(=O)O)CC1. The number of nitrogens with one attached hydrogen (secondary N) is 1. The second kappa shape index (κ2) is 8.74. The topological polar surface area (TPSA) is 52.6 Å². The van der Waals surface area contributed by atoms with Crippen molar-refractivity contribution < 1.29 is 9.90 Å². The molecule has 1 saturated carbocycles. The quantitative estimate of drug-likeness (QED) is 0.687. The van der Waals surface area contributed by atoms with Crippen LogP contribution in [0, 0.1) is 5.92 Å². The Kier molecular flexibility index (Phi) is 7.67. The third-order valence-corrected chi connectivity index (χ3v) is 5.62. The number of hydrogen-bond acceptors (Lipinski definition) is 3. The molecule has 4 heteroatoms. The maximum absolute atomic E-state index is 11.5. The van der Waals surface area contributed by atoms with Gasteiger partial charge in [0.2, 0.25) is 0 Å². The molecule has 0 heterocycles. The molecule has 0 bridgehead atoms. The molecule has 0 radical (unpaired) electrons. The lowest BCUT2D eigenvalue weighted by atomic mass is 9.84. The van der Waals surface area contributed by atoms with Crippen molar-refractivity contribution in [1.29, 1.82) is 0 Å². The van der Waals surface area contributed by atoms with E-state index in [1.54, 1.807) is 7.05 Å². The van der Waals surface area contributed by atoms with Crippen molar-refractivity contribution in [2.24, 2.45) is 5.92 Å². The molecule has 0 aromatic carbocycles. The Balaban J connectivity index is 2.36. The van der Waals surface area contributed by atoms with Gasteiger partial charge in [0.15, 0.2) is 0 Å². The smallest absolute Gasteiger partial charge is 0.323 e. The van der Waals surface area contributed by atoms with Gasteiger partial charge in [-0.2, -0.15) is 0 Å². The summed E-state index contributed by atoms with van der Waals surface area (Å²) in [4.78, 5) is 13.9. The first kappa shape index (κ1) is 18.4. The zero-order chi connectivity index (χ0) is 15.9. The van der Waals surface area contributed by atoms with Crippen molar-refractivity contribution in [1.82, 2.24) is 10.2 Å². The van der Waals surface area contributed by atoms with Crippen LogP contribution in [0.3, 0.4) is 0 Å². The molecule has 0 aromatic heterocycles. The molecule has 1 fully saturated rings. The lowest BCUT2D eigenvalue weighted by Crippen LogP contribution is -2.50. The van der Waals surface area contributed by atoms with Gasteiger partial charge in [0.25, 0.3) is 0 Å². The second-order valence-corrected chi connectivity index (χ2v) is 6.66. The lowest BCUT2D eigenvalue weighted by molar-refractivity contribution is -0.145. The fourth-order valence-electron chi connectivity index (χ4n) is 3.65. The van der Waals surface area contributed by atoms with E-state index in [-0.39, 0.29) is 0 Å². The second-order valence-electron chi connectivity index (χ2n) is 6.66. The van der Waals surface area contributed by atoms with Gasteiger partial charge < -0.3 is 15.3 Å². The Hall–Kier alpha value is -0.610. The molecule has 4 nitrogen and oxygen atoms in total. The van der Waals surface area contributed by atoms with E-state index in [1.807, 2.05) is 6.92 Å². The number of rotatable bonds is 9. The number of nitrogens with zero attached hydrogens (tertiary/aromatic N) is 1. The summed E-state index contributed by atoms with van der Waals surface area (Å²) in [6.07, 6.45) is 8.90. The van der Waals surface area contributed by atoms with Crippen LogP contribution in [0.25, 0.3) is 0 Å². The van der Waals surface area contributed by atoms with Gasteiger partial charge in [0.05, 0.1) is 0 Å². The van der Waals surface area contributed by atoms with E-state index in [0.29, 0.717) is 18.9 Å². The Bertz CT molecular complexity index is 308. The summed E-state index contributed by atoms with van der Waals surface area (Å²) in [5, 5.41) is 12.4. The van der Waals surface area contributed by atoms with Crippen LogP contribution in [0.2, 0.25) is 0 Å². The maximum Gasteiger partial charge on any atom is 0.323 e. The van der Waals surface area contributed by atoms with Crippen molar-refractivity contribution >= 4 is 5.97 Å². The normalized spacial score (nSPS) is 25.8. The maximum atomic E-state index is 11.5. The predicted molar refractivity (Wildman–Crippen MR) is 87.6 cm³/mol. The van der Waals surface area contributed by atoms with E-state index in [9.17, 15) is 9.90 Å². The molecular weight excluding hydrogens is 264 g/mol. The third-order valence-electron chi connectivity index (χ3n) is 5.62. The number of hydrogen-bond donors (Lipinski definition) is 2. The molecule has 0 aromatic rings. The van der Waals surface area contributed by atoms with Gasteiger partial charge in [0.1, 0.15) is 5.54 Å². The monoisotopic (exact) mass is 298 g/mol. The third kappa shape index (κ3) is 4.96. The first-order valence-electron chi connectivity index (χ1n) is 8.61. The summed E-state index contributed by atoms with van der Waals surface area (Å²) in [6, 6.07) is 0.697. The van der Waals surface area contributed by atoms with Crippen LogP contribution in [0.4, 0.5) is 0 Å². The summed E-state index contributed by atoms with van der Waals surface area (Å²) in [6.45, 7) is 5.24. The van der Waals surface area contributed by atoms with E-state index in [1.165, 1.54) is 32.1 Å². The molecule has 1 unspecified atom stereocenters. The van der Waals surface area contributed by atoms with Crippen LogP contribution in [0.15, 0.2) is 0 Å². The van der Waals surface area contributed by atoms with E-state index < -0.39 is 11.5 Å². The van der Waals surface area contributed by atoms with Gasteiger partial charge in [-0.1, -0.05) is 20.3 Å². The molecule has 1 rings (SSSR count). The zero-order valence-electron chi connectivity index (χ0n) is 14.3. The number of carbonyl (C=O) groups is 1. The Labute approximate surface area is 130 Å². The van der Waals surface area contributed by atoms with E-state index in [0.717, 1.165) is 18.9 Å². The van der Waals surface area contributed by atoms with Gasteiger partial charge in [-0.15, -0.1) is 0 Å². The van der Waals surface area contributed by atoms with Gasteiger partial charge in [-0.05, 0) is 71.5 Å². The number of carboxylic acids is 1. The summed E-state index contributed by atoms with van der Waals surface area (Å²) in [5.74, 6) is 0.206. The van der Waals surface area contributed by atoms with Crippen molar-refractivity contribution in [3.05, 3.63) is 0 Å². The average molecular weight is 298 g/mol. The van der Waals surface area contributed by atoms with Crippen LogP contribution in [0.5, 0.6) is 0 Å². The molecule has 124 valence electrons. The highest BCUT2D eigenvalue weighted by Gasteiger charge is 2.34. The number of carboxylic acid groups (broad SMARTS) is 1. The van der Waals surface area contributed by atoms with E-state index in [2.05, 4.69) is 24.2 Å². The van der Waals surface area contributed by atoms with Gasteiger partial charge in [0, 0.05) is 6.04 Å². The minimum atomic E-state index is -0.749. The van der Waals surface area contributed by atoms with Gasteiger partial charge in [-0.25, -0.2) is 0 Å². The van der Waals surface area contributed by atoms with Crippen LogP contribution < -0.4 is 5.32 Å². The Morgan fingerprint density at radius 2 is 1.90 bits per heavy atom. The predicted octanol–water partition coefficient (Wildman–Crippen LogP) is 3.12. The van der Waals surface area contributed by atoms with Gasteiger partial charge >= 0.3 is 5.97 Å². The summed E-state index contributed by atoms with van der Waals surface area (Å²) in [7, 11) is 3.96. The average Bonchev–Trinajstić information content (AvgIpc) is 2.51. The molecule has 2 N–H and O–H groups in total. The first-order valence-corrected chi connectivity index (χ1v) is 8.61. The molecular formula is C17H34N2O2. The van der Waals surface area contributed by atoms with Crippen LogP contribution >= 0.6 is 0 Å². The van der Waals surface area contributed by atoms with Crippen molar-refractivity contribution in [2.45, 2.75) is 76.8 Å². The Morgan fingerprint density at radius 3 is 2.33 bits per heavy atom. The van der Waals surface area contributed by atoms with Gasteiger partial charge in [-0.3, -0.25) is 4.79 Å². The highest BCUT2D eigenvalue weighted by Crippen LogP contribution is 2.29. The molecule has 1 aliphatic carbocycles. The molecule has 1 atom stereocenters. The van der Waals surface area contributed by atoms with Crippen LogP contribution in [0.1, 0.15) is 65.2 Å². The van der Waals surface area contributed by atoms with Crippen LogP contribution in [-0.2, 0) is 4.79 Å². The van der Waals surface area contributed by atoms with Crippen molar-refractivity contribution in [2.75, 3.05) is 20.6 Å². The number of likely N-dealkylation sites (N-methyl/N-ethyl adjacent to an activating group) is 1. The molecule has 0 spiro atoms. The fourth-order valence-corrected chi connectivity index (χ4v) is 3.65. The largest absolute Gasteiger partial charge is 0.480 e. The highest BCUT2D eigenvalue weighted by molar-refractivity contribution is 5.78. The summed E-state index contributed by atoms with van der Waals surface area (Å²) < 4.78 is 0.